The minimum atomic E-state index is -1.05. The molecule has 6 heteroatoms. The lowest BCUT2D eigenvalue weighted by Crippen LogP contribution is -2.35. The van der Waals surface area contributed by atoms with Gasteiger partial charge in [0.25, 0.3) is 5.91 Å². The van der Waals surface area contributed by atoms with Gasteiger partial charge in [0, 0.05) is 36.2 Å². The minimum absolute atomic E-state index is 0.347. The van der Waals surface area contributed by atoms with Crippen molar-refractivity contribution in [2.45, 2.75) is 19.9 Å². The van der Waals surface area contributed by atoms with Crippen LogP contribution in [0, 0.1) is 0 Å². The Hall–Kier alpha value is -2.47. The predicted octanol–water partition coefficient (Wildman–Crippen LogP) is 1.43. The Morgan fingerprint density at radius 2 is 2.13 bits per heavy atom. The van der Waals surface area contributed by atoms with Gasteiger partial charge in [0.05, 0.1) is 11.1 Å². The maximum atomic E-state index is 12.6. The van der Waals surface area contributed by atoms with Crippen molar-refractivity contribution < 1.29 is 14.7 Å². The van der Waals surface area contributed by atoms with E-state index >= 15 is 0 Å². The average molecular weight is 313 g/mol. The summed E-state index contributed by atoms with van der Waals surface area (Å²) in [6.45, 7) is 4.19. The molecule has 0 atom stereocenters. The molecule has 6 nitrogen and oxygen atoms in total. The summed E-state index contributed by atoms with van der Waals surface area (Å²) < 4.78 is 0. The topological polar surface area (TPSA) is 82.5 Å². The maximum absolute atomic E-state index is 12.6. The van der Waals surface area contributed by atoms with Crippen LogP contribution >= 0.6 is 0 Å². The Labute approximate surface area is 134 Å². The van der Waals surface area contributed by atoms with Crippen LogP contribution in [0.3, 0.4) is 0 Å². The monoisotopic (exact) mass is 313 g/mol. The molecule has 0 unspecified atom stereocenters. The summed E-state index contributed by atoms with van der Waals surface area (Å²) in [4.78, 5) is 30.3. The summed E-state index contributed by atoms with van der Waals surface area (Å²) >= 11 is 0. The molecular weight excluding hydrogens is 294 g/mol. The number of fused-ring (bicyclic) bond motifs is 2. The molecule has 0 radical (unpaired) electrons. The van der Waals surface area contributed by atoms with Crippen molar-refractivity contribution in [3.05, 3.63) is 41.1 Å². The summed E-state index contributed by atoms with van der Waals surface area (Å²) in [5, 5.41) is 12.1. The van der Waals surface area contributed by atoms with E-state index in [4.69, 9.17) is 10.1 Å². The molecule has 23 heavy (non-hydrogen) atoms. The van der Waals surface area contributed by atoms with Gasteiger partial charge in [0.15, 0.2) is 0 Å². The number of carbonyl (C=O) groups excluding carboxylic acids is 1. The molecule has 2 heterocycles. The van der Waals surface area contributed by atoms with Crippen molar-refractivity contribution in [3.63, 3.8) is 0 Å². The van der Waals surface area contributed by atoms with E-state index in [9.17, 15) is 9.59 Å². The number of nitrogens with zero attached hydrogens (tertiary/aromatic N) is 2. The molecule has 1 aromatic carbocycles. The highest BCUT2D eigenvalue weighted by atomic mass is 16.4. The molecule has 1 aliphatic rings. The second kappa shape index (κ2) is 6.34. The Balaban J connectivity index is 2.12. The van der Waals surface area contributed by atoms with Gasteiger partial charge in [-0.05, 0) is 12.6 Å². The van der Waals surface area contributed by atoms with Crippen LogP contribution in [0.1, 0.15) is 28.5 Å². The first-order valence-electron chi connectivity index (χ1n) is 7.73. The first kappa shape index (κ1) is 15.4. The van der Waals surface area contributed by atoms with Gasteiger partial charge < -0.3 is 10.4 Å². The lowest BCUT2D eigenvalue weighted by atomic mass is 9.95. The van der Waals surface area contributed by atoms with Crippen LogP contribution in [0.25, 0.3) is 10.9 Å². The van der Waals surface area contributed by atoms with E-state index in [0.717, 1.165) is 41.7 Å². The summed E-state index contributed by atoms with van der Waals surface area (Å²) in [5.74, 6) is -1.40. The van der Waals surface area contributed by atoms with Crippen molar-refractivity contribution >= 4 is 22.8 Å². The molecule has 3 rings (SSSR count). The number of carboxylic acids is 1. The van der Waals surface area contributed by atoms with Gasteiger partial charge in [-0.25, -0.2) is 0 Å². The van der Waals surface area contributed by atoms with Crippen molar-refractivity contribution in [2.24, 2.45) is 0 Å². The number of carbonyl (C=O) groups is 2. The predicted molar refractivity (Wildman–Crippen MR) is 86.4 cm³/mol. The third kappa shape index (κ3) is 3.03. The second-order valence-corrected chi connectivity index (χ2v) is 5.62. The highest BCUT2D eigenvalue weighted by molar-refractivity contribution is 6.08. The van der Waals surface area contributed by atoms with Crippen molar-refractivity contribution in [3.8, 4) is 0 Å². The van der Waals surface area contributed by atoms with Crippen LogP contribution < -0.4 is 5.32 Å². The summed E-state index contributed by atoms with van der Waals surface area (Å²) in [7, 11) is 0. The number of likely N-dealkylation sites (N-methyl/N-ethyl adjacent to an activating group) is 1. The second-order valence-electron chi connectivity index (χ2n) is 5.62. The zero-order chi connectivity index (χ0) is 16.4. The normalized spacial score (nSPS) is 14.5. The Morgan fingerprint density at radius 3 is 2.87 bits per heavy atom. The van der Waals surface area contributed by atoms with Gasteiger partial charge in [-0.3, -0.25) is 19.5 Å². The van der Waals surface area contributed by atoms with Crippen LogP contribution in [-0.4, -0.2) is 46.5 Å². The van der Waals surface area contributed by atoms with Gasteiger partial charge in [0.2, 0.25) is 0 Å². The smallest absolute Gasteiger partial charge is 0.322 e. The third-order valence-corrected chi connectivity index (χ3v) is 4.20. The van der Waals surface area contributed by atoms with E-state index in [-0.39, 0.29) is 12.5 Å². The number of nitrogens with one attached hydrogen (secondary N) is 1. The molecule has 1 aromatic heterocycles. The van der Waals surface area contributed by atoms with Crippen LogP contribution in [0.4, 0.5) is 0 Å². The number of aliphatic carboxylic acids is 1. The first-order chi connectivity index (χ1) is 11.1. The summed E-state index contributed by atoms with van der Waals surface area (Å²) in [5.41, 5.74) is 3.19. The van der Waals surface area contributed by atoms with Crippen molar-refractivity contribution in [1.29, 1.82) is 0 Å². The zero-order valence-electron chi connectivity index (χ0n) is 13.0. The van der Waals surface area contributed by atoms with E-state index < -0.39 is 5.97 Å². The highest BCUT2D eigenvalue weighted by Crippen LogP contribution is 2.28. The molecule has 2 aromatic rings. The number of aromatic nitrogens is 1. The first-order valence-corrected chi connectivity index (χ1v) is 7.73. The van der Waals surface area contributed by atoms with E-state index in [0.29, 0.717) is 12.1 Å². The highest BCUT2D eigenvalue weighted by Gasteiger charge is 2.25. The number of para-hydroxylation sites is 1. The number of benzene rings is 1. The van der Waals surface area contributed by atoms with Gasteiger partial charge in [-0.2, -0.15) is 0 Å². The Kier molecular flexibility index (Phi) is 4.25. The van der Waals surface area contributed by atoms with Crippen LogP contribution in [0.2, 0.25) is 0 Å². The van der Waals surface area contributed by atoms with E-state index in [1.165, 1.54) is 0 Å². The molecule has 1 aliphatic heterocycles. The molecule has 0 saturated heterocycles. The molecule has 0 aliphatic carbocycles. The molecule has 0 fully saturated rings. The number of hydrogen-bond acceptors (Lipinski definition) is 4. The Bertz CT molecular complexity index is 773. The summed E-state index contributed by atoms with van der Waals surface area (Å²) in [6, 6.07) is 7.51. The maximum Gasteiger partial charge on any atom is 0.322 e. The number of rotatable bonds is 4. The van der Waals surface area contributed by atoms with E-state index in [2.05, 4.69) is 17.1 Å². The van der Waals surface area contributed by atoms with Crippen molar-refractivity contribution in [2.75, 3.05) is 19.6 Å². The SMILES string of the molecule is CCN1CCc2nc3ccccc3c(C(=O)NCC(=O)O)c2C1. The van der Waals surface area contributed by atoms with Gasteiger partial charge in [-0.15, -0.1) is 0 Å². The molecule has 0 saturated carbocycles. The van der Waals surface area contributed by atoms with E-state index in [1.54, 1.807) is 0 Å². The number of hydrogen-bond donors (Lipinski definition) is 2. The zero-order valence-corrected chi connectivity index (χ0v) is 13.0. The van der Waals surface area contributed by atoms with Crippen LogP contribution in [-0.2, 0) is 17.8 Å². The van der Waals surface area contributed by atoms with Crippen LogP contribution in [0.15, 0.2) is 24.3 Å². The molecule has 0 bridgehead atoms. The largest absolute Gasteiger partial charge is 0.480 e. The van der Waals surface area contributed by atoms with Gasteiger partial charge >= 0.3 is 5.97 Å². The summed E-state index contributed by atoms with van der Waals surface area (Å²) in [6.07, 6.45) is 0.799. The van der Waals surface area contributed by atoms with Gasteiger partial charge in [-0.1, -0.05) is 25.1 Å². The quantitative estimate of drug-likeness (QED) is 0.892. The lowest BCUT2D eigenvalue weighted by Gasteiger charge is -2.29. The Morgan fingerprint density at radius 1 is 1.35 bits per heavy atom. The molecule has 0 spiro atoms. The van der Waals surface area contributed by atoms with Crippen molar-refractivity contribution in [1.82, 2.24) is 15.2 Å². The molecule has 1 amide bonds. The molecule has 120 valence electrons. The molecule has 2 N–H and O–H groups in total. The lowest BCUT2D eigenvalue weighted by molar-refractivity contribution is -0.135. The fourth-order valence-corrected chi connectivity index (χ4v) is 3.02. The third-order valence-electron chi connectivity index (χ3n) is 4.20. The molecular formula is C17H19N3O3. The number of carboxylic acid groups (broad SMARTS) is 1. The fraction of sp³-hybridized carbons (Fsp3) is 0.353. The average Bonchev–Trinajstić information content (AvgIpc) is 2.57. The number of amides is 1. The standard InChI is InChI=1S/C17H19N3O3/c1-2-20-8-7-14-12(10-20)16(17(23)18-9-15(21)22)11-5-3-4-6-13(11)19-14/h3-6H,2,7-10H2,1H3,(H,18,23)(H,21,22). The fourth-order valence-electron chi connectivity index (χ4n) is 3.02. The van der Waals surface area contributed by atoms with Gasteiger partial charge in [0.1, 0.15) is 6.54 Å². The van der Waals surface area contributed by atoms with Crippen LogP contribution in [0.5, 0.6) is 0 Å². The minimum Gasteiger partial charge on any atom is -0.480 e. The number of pyridine rings is 1. The van der Waals surface area contributed by atoms with E-state index in [1.807, 2.05) is 24.3 Å².